The van der Waals surface area contributed by atoms with Crippen LogP contribution >= 0.6 is 0 Å². The van der Waals surface area contributed by atoms with Gasteiger partial charge >= 0.3 is 0 Å². The van der Waals surface area contributed by atoms with Gasteiger partial charge in [-0.25, -0.2) is 0 Å². The predicted octanol–water partition coefficient (Wildman–Crippen LogP) is 9.56. The molecule has 0 aromatic carbocycles. The lowest BCUT2D eigenvalue weighted by molar-refractivity contribution is -0.302. The van der Waals surface area contributed by atoms with E-state index in [0.29, 0.717) is 12.8 Å². The van der Waals surface area contributed by atoms with Crippen molar-refractivity contribution in [2.75, 3.05) is 13.2 Å². The molecule has 0 aromatic heterocycles. The lowest BCUT2D eigenvalue weighted by Gasteiger charge is -2.40. The Bertz CT molecular complexity index is 817. The Morgan fingerprint density at radius 3 is 1.31 bits per heavy atom. The molecule has 1 amide bonds. The molecule has 1 aliphatic rings. The van der Waals surface area contributed by atoms with Gasteiger partial charge in [0.25, 0.3) is 0 Å². The fraction of sp³-hybridized carbons (Fsp3) is 0.978. The van der Waals surface area contributed by atoms with Crippen LogP contribution in [-0.2, 0) is 14.3 Å². The summed E-state index contributed by atoms with van der Waals surface area (Å²) >= 11 is 0. The number of hydrogen-bond donors (Lipinski definition) is 6. The van der Waals surface area contributed by atoms with Gasteiger partial charge in [-0.05, 0) is 12.8 Å². The number of carbonyl (C=O) groups excluding carboxylic acids is 1. The summed E-state index contributed by atoms with van der Waals surface area (Å²) < 4.78 is 11.3. The van der Waals surface area contributed by atoms with Crippen molar-refractivity contribution in [3.63, 3.8) is 0 Å². The highest BCUT2D eigenvalue weighted by atomic mass is 16.7. The zero-order valence-electron chi connectivity index (χ0n) is 35.3. The predicted molar refractivity (Wildman–Crippen MR) is 221 cm³/mol. The van der Waals surface area contributed by atoms with E-state index in [-0.39, 0.29) is 12.5 Å². The first-order valence-corrected chi connectivity index (χ1v) is 23.2. The topological polar surface area (TPSA) is 149 Å². The summed E-state index contributed by atoms with van der Waals surface area (Å²) in [6.45, 7) is 3.85. The summed E-state index contributed by atoms with van der Waals surface area (Å²) in [6, 6.07) is -0.711. The molecule has 1 aliphatic heterocycles. The first kappa shape index (κ1) is 51.2. The second kappa shape index (κ2) is 36.5. The molecule has 1 saturated heterocycles. The summed E-state index contributed by atoms with van der Waals surface area (Å²) in [5, 5.41) is 54.3. The second-order valence-corrected chi connectivity index (χ2v) is 16.6. The molecule has 0 bridgehead atoms. The highest BCUT2D eigenvalue weighted by Gasteiger charge is 2.44. The molecule has 0 aliphatic carbocycles. The van der Waals surface area contributed by atoms with Gasteiger partial charge < -0.3 is 40.3 Å². The zero-order chi connectivity index (χ0) is 39.5. The Balaban J connectivity index is 2.32. The van der Waals surface area contributed by atoms with Crippen LogP contribution in [0, 0.1) is 0 Å². The third kappa shape index (κ3) is 26.9. The third-order valence-electron chi connectivity index (χ3n) is 11.5. The van der Waals surface area contributed by atoms with E-state index in [2.05, 4.69) is 19.2 Å². The molecule has 54 heavy (non-hydrogen) atoms. The Hall–Kier alpha value is -0.810. The number of aliphatic hydroxyl groups excluding tert-OH is 5. The van der Waals surface area contributed by atoms with E-state index in [1.807, 2.05) is 0 Å². The SMILES string of the molecule is CCCCCCCCCCCCCCCCCC[C@@H](O)[C@H](CO[C@@H]1O[C@H](CO)[C@@H](O)C(O)C1O)NC(=O)CCCCCCCCCCCCCCCCC. The van der Waals surface area contributed by atoms with E-state index in [0.717, 1.165) is 38.5 Å². The summed E-state index contributed by atoms with van der Waals surface area (Å²) in [5.74, 6) is -0.141. The fourth-order valence-corrected chi connectivity index (χ4v) is 7.69. The molecule has 0 saturated carbocycles. The van der Waals surface area contributed by atoms with Crippen molar-refractivity contribution >= 4 is 5.91 Å². The van der Waals surface area contributed by atoms with Crippen molar-refractivity contribution in [1.29, 1.82) is 0 Å². The summed E-state index contributed by atoms with van der Waals surface area (Å²) in [7, 11) is 0. The smallest absolute Gasteiger partial charge is 0.220 e. The number of amides is 1. The number of ether oxygens (including phenoxy) is 2. The van der Waals surface area contributed by atoms with Gasteiger partial charge in [-0.15, -0.1) is 0 Å². The Morgan fingerprint density at radius 1 is 0.556 bits per heavy atom. The highest BCUT2D eigenvalue weighted by molar-refractivity contribution is 5.76. The minimum absolute atomic E-state index is 0.132. The van der Waals surface area contributed by atoms with Crippen LogP contribution in [-0.4, -0.2) is 87.5 Å². The fourth-order valence-electron chi connectivity index (χ4n) is 7.69. The first-order chi connectivity index (χ1) is 26.3. The highest BCUT2D eigenvalue weighted by Crippen LogP contribution is 2.23. The average Bonchev–Trinajstić information content (AvgIpc) is 3.17. The van der Waals surface area contributed by atoms with E-state index < -0.39 is 49.5 Å². The van der Waals surface area contributed by atoms with Gasteiger partial charge in [0.2, 0.25) is 5.91 Å². The van der Waals surface area contributed by atoms with Crippen LogP contribution in [0.3, 0.4) is 0 Å². The Kier molecular flexibility index (Phi) is 34.6. The summed E-state index contributed by atoms with van der Waals surface area (Å²) in [4.78, 5) is 13.0. The van der Waals surface area contributed by atoms with Crippen LogP contribution in [0.1, 0.15) is 226 Å². The van der Waals surface area contributed by atoms with Gasteiger partial charge in [0.1, 0.15) is 24.4 Å². The van der Waals surface area contributed by atoms with Gasteiger partial charge in [-0.1, -0.05) is 206 Å². The van der Waals surface area contributed by atoms with Gasteiger partial charge in [-0.2, -0.15) is 0 Å². The van der Waals surface area contributed by atoms with Crippen LogP contribution in [0.4, 0.5) is 0 Å². The van der Waals surface area contributed by atoms with E-state index in [4.69, 9.17) is 9.47 Å². The maximum absolute atomic E-state index is 13.0. The maximum Gasteiger partial charge on any atom is 0.220 e. The molecule has 322 valence electrons. The van der Waals surface area contributed by atoms with E-state index >= 15 is 0 Å². The lowest BCUT2D eigenvalue weighted by atomic mass is 9.99. The molecule has 0 aromatic rings. The molecule has 9 heteroatoms. The van der Waals surface area contributed by atoms with Gasteiger partial charge in [0.15, 0.2) is 6.29 Å². The van der Waals surface area contributed by atoms with E-state index in [1.54, 1.807) is 0 Å². The molecule has 7 atom stereocenters. The van der Waals surface area contributed by atoms with Gasteiger partial charge in [0.05, 0.1) is 25.4 Å². The zero-order valence-corrected chi connectivity index (χ0v) is 35.3. The second-order valence-electron chi connectivity index (χ2n) is 16.6. The summed E-state index contributed by atoms with van der Waals surface area (Å²) in [5.41, 5.74) is 0. The number of carbonyl (C=O) groups is 1. The van der Waals surface area contributed by atoms with Crippen molar-refractivity contribution in [3.8, 4) is 0 Å². The van der Waals surface area contributed by atoms with Crippen molar-refractivity contribution < 1.29 is 39.8 Å². The number of rotatable bonds is 39. The van der Waals surface area contributed by atoms with Crippen LogP contribution in [0.15, 0.2) is 0 Å². The molecule has 0 radical (unpaired) electrons. The number of hydrogen-bond acceptors (Lipinski definition) is 8. The molecule has 1 rings (SSSR count). The standard InChI is InChI=1S/C45H89NO8/c1-3-5-7-9-11-13-15-17-19-21-22-24-26-28-30-32-34-39(48)38(37-53-45-44(52)43(51)42(50)40(36-47)54-45)46-41(49)35-33-31-29-27-25-23-20-18-16-14-12-10-8-6-4-2/h38-40,42-45,47-48,50-52H,3-37H2,1-2H3,(H,46,49)/t38-,39+,40+,42+,43?,44?,45+/m0/s1. The Morgan fingerprint density at radius 2 is 0.926 bits per heavy atom. The van der Waals surface area contributed by atoms with Crippen LogP contribution in [0.2, 0.25) is 0 Å². The molecule has 1 heterocycles. The number of unbranched alkanes of at least 4 members (excludes halogenated alkanes) is 29. The molecule has 1 fully saturated rings. The molecule has 9 nitrogen and oxygen atoms in total. The Labute approximate surface area is 332 Å². The molecule has 2 unspecified atom stereocenters. The molecule has 0 spiro atoms. The van der Waals surface area contributed by atoms with Crippen LogP contribution < -0.4 is 5.32 Å². The first-order valence-electron chi connectivity index (χ1n) is 23.2. The van der Waals surface area contributed by atoms with Crippen molar-refractivity contribution in [1.82, 2.24) is 5.32 Å². The normalized spacial score (nSPS) is 21.4. The van der Waals surface area contributed by atoms with Gasteiger partial charge in [-0.3, -0.25) is 4.79 Å². The quantitative estimate of drug-likeness (QED) is 0.0339. The maximum atomic E-state index is 13.0. The summed E-state index contributed by atoms with van der Waals surface area (Å²) in [6.07, 6.45) is 32.4. The molecular weight excluding hydrogens is 682 g/mol. The van der Waals surface area contributed by atoms with Crippen molar-refractivity contribution in [3.05, 3.63) is 0 Å². The average molecular weight is 772 g/mol. The van der Waals surface area contributed by atoms with Crippen LogP contribution in [0.5, 0.6) is 0 Å². The number of nitrogens with one attached hydrogen (secondary N) is 1. The largest absolute Gasteiger partial charge is 0.394 e. The van der Waals surface area contributed by atoms with Gasteiger partial charge in [0, 0.05) is 6.42 Å². The van der Waals surface area contributed by atoms with E-state index in [9.17, 15) is 30.3 Å². The van der Waals surface area contributed by atoms with Crippen molar-refractivity contribution in [2.24, 2.45) is 0 Å². The monoisotopic (exact) mass is 772 g/mol. The minimum atomic E-state index is -1.55. The van der Waals surface area contributed by atoms with Crippen molar-refractivity contribution in [2.45, 2.75) is 269 Å². The number of aliphatic hydroxyl groups is 5. The van der Waals surface area contributed by atoms with E-state index in [1.165, 1.54) is 161 Å². The molecular formula is C45H89NO8. The van der Waals surface area contributed by atoms with Crippen LogP contribution in [0.25, 0.3) is 0 Å². The molecule has 6 N–H and O–H groups in total. The lowest BCUT2D eigenvalue weighted by Crippen LogP contribution is -2.60. The minimum Gasteiger partial charge on any atom is -0.394 e. The third-order valence-corrected chi connectivity index (χ3v) is 11.5.